The van der Waals surface area contributed by atoms with Crippen molar-refractivity contribution in [2.75, 3.05) is 6.61 Å². The van der Waals surface area contributed by atoms with E-state index < -0.39 is 0 Å². The number of esters is 1. The number of Topliss-reactive ketones (excluding diaryl/α,β-unsaturated/α-hetero) is 1. The lowest BCUT2D eigenvalue weighted by molar-refractivity contribution is -0.138. The van der Waals surface area contributed by atoms with Crippen molar-refractivity contribution in [2.24, 2.45) is 0 Å². The van der Waals surface area contributed by atoms with E-state index in [-0.39, 0.29) is 11.8 Å². The minimum atomic E-state index is -0.313. The highest BCUT2D eigenvalue weighted by Crippen LogP contribution is 2.30. The first-order chi connectivity index (χ1) is 11.6. The highest BCUT2D eigenvalue weighted by molar-refractivity contribution is 6.08. The summed E-state index contributed by atoms with van der Waals surface area (Å²) in [5.74, 6) is -0.236. The zero-order valence-corrected chi connectivity index (χ0v) is 14.0. The number of carbonyl (C=O) groups is 2. The third-order valence-electron chi connectivity index (χ3n) is 4.37. The fraction of sp³-hybridized carbons (Fsp3) is 0.238. The molecule has 0 fully saturated rings. The molecule has 0 heterocycles. The summed E-state index contributed by atoms with van der Waals surface area (Å²) in [5.41, 5.74) is 2.92. The number of fused-ring (bicyclic) bond motifs is 1. The van der Waals surface area contributed by atoms with Crippen molar-refractivity contribution < 1.29 is 14.3 Å². The summed E-state index contributed by atoms with van der Waals surface area (Å²) in [6, 6.07) is 14.2. The molecule has 0 bridgehead atoms. The maximum atomic E-state index is 12.3. The van der Waals surface area contributed by atoms with E-state index in [9.17, 15) is 9.59 Å². The van der Waals surface area contributed by atoms with Gasteiger partial charge in [0.15, 0.2) is 5.78 Å². The molecule has 122 valence electrons. The van der Waals surface area contributed by atoms with Crippen LogP contribution in [0.4, 0.5) is 0 Å². The van der Waals surface area contributed by atoms with Gasteiger partial charge in [0.1, 0.15) is 0 Å². The number of hydrogen-bond donors (Lipinski definition) is 0. The fourth-order valence-electron chi connectivity index (χ4n) is 3.06. The van der Waals surface area contributed by atoms with E-state index in [0.29, 0.717) is 30.6 Å². The Morgan fingerprint density at radius 3 is 2.62 bits per heavy atom. The molecule has 0 atom stereocenters. The molecule has 2 aromatic carbocycles. The number of ketones is 1. The van der Waals surface area contributed by atoms with Gasteiger partial charge in [-0.2, -0.15) is 0 Å². The van der Waals surface area contributed by atoms with Gasteiger partial charge in [-0.05, 0) is 54.3 Å². The Morgan fingerprint density at radius 1 is 1.12 bits per heavy atom. The van der Waals surface area contributed by atoms with Crippen LogP contribution in [-0.2, 0) is 14.3 Å². The van der Waals surface area contributed by atoms with Gasteiger partial charge in [0.05, 0.1) is 6.61 Å². The van der Waals surface area contributed by atoms with Crippen LogP contribution in [0.5, 0.6) is 0 Å². The highest BCUT2D eigenvalue weighted by Gasteiger charge is 2.26. The minimum Gasteiger partial charge on any atom is -0.463 e. The van der Waals surface area contributed by atoms with Crippen molar-refractivity contribution >= 4 is 28.6 Å². The predicted octanol–water partition coefficient (Wildman–Crippen LogP) is 4.47. The first kappa shape index (κ1) is 16.2. The van der Waals surface area contributed by atoms with E-state index in [1.807, 2.05) is 43.3 Å². The molecule has 2 aromatic rings. The predicted molar refractivity (Wildman–Crippen MR) is 95.5 cm³/mol. The molecule has 0 saturated heterocycles. The van der Waals surface area contributed by atoms with E-state index in [1.165, 1.54) is 0 Å². The number of carbonyl (C=O) groups excluding carboxylic acids is 2. The number of rotatable bonds is 3. The van der Waals surface area contributed by atoms with E-state index in [1.54, 1.807) is 6.92 Å². The second-order valence-corrected chi connectivity index (χ2v) is 5.91. The second-order valence-electron chi connectivity index (χ2n) is 5.91. The third-order valence-corrected chi connectivity index (χ3v) is 4.37. The van der Waals surface area contributed by atoms with Crippen molar-refractivity contribution in [3.63, 3.8) is 0 Å². The Hall–Kier alpha value is -2.68. The Labute approximate surface area is 141 Å². The number of allylic oxidation sites excluding steroid dienone is 2. The van der Waals surface area contributed by atoms with Crippen LogP contribution in [0, 0.1) is 0 Å². The molecule has 0 aromatic heterocycles. The molecule has 0 aliphatic heterocycles. The number of ether oxygens (including phenoxy) is 1. The largest absolute Gasteiger partial charge is 0.463 e. The van der Waals surface area contributed by atoms with Crippen LogP contribution in [0.3, 0.4) is 0 Å². The van der Waals surface area contributed by atoms with E-state index in [0.717, 1.165) is 21.9 Å². The van der Waals surface area contributed by atoms with E-state index >= 15 is 0 Å². The summed E-state index contributed by atoms with van der Waals surface area (Å²) in [7, 11) is 0. The molecule has 1 aliphatic rings. The maximum Gasteiger partial charge on any atom is 0.334 e. The molecule has 3 nitrogen and oxygen atoms in total. The van der Waals surface area contributed by atoms with Gasteiger partial charge in [-0.15, -0.1) is 0 Å². The van der Waals surface area contributed by atoms with Crippen molar-refractivity contribution in [2.45, 2.75) is 26.7 Å². The molecule has 24 heavy (non-hydrogen) atoms. The van der Waals surface area contributed by atoms with Gasteiger partial charge >= 0.3 is 5.97 Å². The summed E-state index contributed by atoms with van der Waals surface area (Å²) in [6.07, 6.45) is 2.69. The smallest absolute Gasteiger partial charge is 0.334 e. The van der Waals surface area contributed by atoms with Gasteiger partial charge in [0, 0.05) is 17.6 Å². The van der Waals surface area contributed by atoms with Crippen LogP contribution < -0.4 is 0 Å². The Kier molecular flexibility index (Phi) is 4.61. The van der Waals surface area contributed by atoms with Gasteiger partial charge in [-0.3, -0.25) is 4.79 Å². The molecular weight excluding hydrogens is 300 g/mol. The quantitative estimate of drug-likeness (QED) is 0.619. The van der Waals surface area contributed by atoms with Crippen LogP contribution in [-0.4, -0.2) is 18.4 Å². The lowest BCUT2D eigenvalue weighted by atomic mass is 9.86. The molecule has 0 spiro atoms. The average Bonchev–Trinajstić information content (AvgIpc) is 2.58. The summed E-state index contributed by atoms with van der Waals surface area (Å²) >= 11 is 0. The first-order valence-electron chi connectivity index (χ1n) is 8.21. The van der Waals surface area contributed by atoms with Crippen molar-refractivity contribution in [3.8, 4) is 0 Å². The van der Waals surface area contributed by atoms with Gasteiger partial charge in [0.2, 0.25) is 0 Å². The van der Waals surface area contributed by atoms with E-state index in [4.69, 9.17) is 4.74 Å². The molecular formula is C21H20O3. The molecule has 1 aliphatic carbocycles. The van der Waals surface area contributed by atoms with Crippen LogP contribution in [0.1, 0.15) is 32.3 Å². The first-order valence-corrected chi connectivity index (χ1v) is 8.21. The molecule has 3 heteroatoms. The van der Waals surface area contributed by atoms with Gasteiger partial charge in [-0.1, -0.05) is 36.4 Å². The summed E-state index contributed by atoms with van der Waals surface area (Å²) in [6.45, 7) is 3.96. The average molecular weight is 320 g/mol. The number of hydrogen-bond acceptors (Lipinski definition) is 3. The Balaban J connectivity index is 2.03. The topological polar surface area (TPSA) is 43.4 Å². The van der Waals surface area contributed by atoms with Crippen molar-refractivity contribution in [1.82, 2.24) is 0 Å². The fourth-order valence-corrected chi connectivity index (χ4v) is 3.06. The molecule has 0 radical (unpaired) electrons. The van der Waals surface area contributed by atoms with E-state index in [2.05, 4.69) is 12.1 Å². The van der Waals surface area contributed by atoms with Crippen LogP contribution in [0.2, 0.25) is 0 Å². The minimum absolute atomic E-state index is 0.0775. The normalized spacial score (nSPS) is 16.8. The third kappa shape index (κ3) is 3.16. The van der Waals surface area contributed by atoms with Crippen LogP contribution in [0.15, 0.2) is 59.2 Å². The zero-order valence-electron chi connectivity index (χ0n) is 14.0. The van der Waals surface area contributed by atoms with Crippen molar-refractivity contribution in [3.05, 3.63) is 64.7 Å². The molecule has 0 amide bonds. The van der Waals surface area contributed by atoms with Gasteiger partial charge < -0.3 is 4.74 Å². The Morgan fingerprint density at radius 2 is 1.88 bits per heavy atom. The Bertz CT molecular complexity index is 872. The highest BCUT2D eigenvalue weighted by atomic mass is 16.5. The maximum absolute atomic E-state index is 12.3. The zero-order chi connectivity index (χ0) is 17.1. The molecule has 0 unspecified atom stereocenters. The second kappa shape index (κ2) is 6.83. The summed E-state index contributed by atoms with van der Waals surface area (Å²) < 4.78 is 5.11. The lowest BCUT2D eigenvalue weighted by Gasteiger charge is -2.18. The monoisotopic (exact) mass is 320 g/mol. The molecule has 0 N–H and O–H groups in total. The van der Waals surface area contributed by atoms with Crippen LogP contribution >= 0.6 is 0 Å². The molecule has 0 saturated carbocycles. The molecule has 3 rings (SSSR count). The summed E-state index contributed by atoms with van der Waals surface area (Å²) in [4.78, 5) is 24.4. The summed E-state index contributed by atoms with van der Waals surface area (Å²) in [5, 5.41) is 2.29. The number of benzene rings is 2. The van der Waals surface area contributed by atoms with Crippen molar-refractivity contribution in [1.29, 1.82) is 0 Å². The SMILES string of the molecule is CCOC(=O)C1=C(C)/C(=C\c2ccc3ccccc3c2)C(=O)CC1. The van der Waals surface area contributed by atoms with Gasteiger partial charge in [0.25, 0.3) is 0 Å². The standard InChI is InChI=1S/C21H20O3/c1-3-24-21(23)18-10-11-20(22)19(14(18)2)13-15-8-9-16-6-4-5-7-17(16)12-15/h4-9,12-13H,3,10-11H2,1-2H3/b19-13+. The van der Waals surface area contributed by atoms with Crippen LogP contribution in [0.25, 0.3) is 16.8 Å². The van der Waals surface area contributed by atoms with Gasteiger partial charge in [-0.25, -0.2) is 4.79 Å². The lowest BCUT2D eigenvalue weighted by Crippen LogP contribution is -2.18.